The Morgan fingerprint density at radius 3 is 2.73 bits per heavy atom. The molecule has 0 bridgehead atoms. The second-order valence-electron chi connectivity index (χ2n) is 4.14. The van der Waals surface area contributed by atoms with Gasteiger partial charge in [-0.15, -0.1) is 0 Å². The Hall–Kier alpha value is -1.26. The molecular formula is C10H16NO4-. The minimum Gasteiger partial charge on any atom is -0.548 e. The molecule has 1 rings (SSSR count). The van der Waals surface area contributed by atoms with Gasteiger partial charge in [0.05, 0.1) is 18.6 Å². The number of aliphatic carboxylic acids is 1. The van der Waals surface area contributed by atoms with E-state index in [0.29, 0.717) is 26.0 Å². The zero-order valence-electron chi connectivity index (χ0n) is 9.06. The fraction of sp³-hybridized carbons (Fsp3) is 0.800. The molecule has 1 fully saturated rings. The number of hydrogen-bond donors (Lipinski definition) is 0. The van der Waals surface area contributed by atoms with E-state index in [2.05, 4.69) is 0 Å². The second-order valence-corrected chi connectivity index (χ2v) is 4.14. The molecule has 0 spiro atoms. The van der Waals surface area contributed by atoms with E-state index in [1.54, 1.807) is 0 Å². The van der Waals surface area contributed by atoms with Gasteiger partial charge in [-0.3, -0.25) is 4.90 Å². The van der Waals surface area contributed by atoms with Crippen molar-refractivity contribution in [2.75, 3.05) is 13.2 Å². The summed E-state index contributed by atoms with van der Waals surface area (Å²) in [4.78, 5) is 23.4. The Morgan fingerprint density at radius 1 is 1.53 bits per heavy atom. The van der Waals surface area contributed by atoms with E-state index >= 15 is 0 Å². The number of carboxylic acid groups (broad SMARTS) is 1. The van der Waals surface area contributed by atoms with Crippen LogP contribution in [0.3, 0.4) is 0 Å². The topological polar surface area (TPSA) is 69.7 Å². The number of ether oxygens (including phenoxy) is 1. The summed E-state index contributed by atoms with van der Waals surface area (Å²) in [5.41, 5.74) is 0. The van der Waals surface area contributed by atoms with Crippen molar-refractivity contribution in [3.05, 3.63) is 0 Å². The van der Waals surface area contributed by atoms with Gasteiger partial charge in [-0.25, -0.2) is 4.79 Å². The highest BCUT2D eigenvalue weighted by Gasteiger charge is 2.30. The van der Waals surface area contributed by atoms with Gasteiger partial charge in [0, 0.05) is 6.54 Å². The minimum absolute atomic E-state index is 0.248. The molecule has 1 atom stereocenters. The molecule has 0 radical (unpaired) electrons. The van der Waals surface area contributed by atoms with Crippen molar-refractivity contribution in [3.8, 4) is 0 Å². The number of hydrogen-bond acceptors (Lipinski definition) is 4. The first-order valence-electron chi connectivity index (χ1n) is 5.16. The number of carboxylic acids is 1. The highest BCUT2D eigenvalue weighted by molar-refractivity contribution is 5.79. The molecular weight excluding hydrogens is 198 g/mol. The van der Waals surface area contributed by atoms with Crippen LogP contribution in [0.1, 0.15) is 26.7 Å². The molecule has 0 N–H and O–H groups in total. The first kappa shape index (κ1) is 11.8. The van der Waals surface area contributed by atoms with Gasteiger partial charge in [0.15, 0.2) is 0 Å². The predicted octanol–water partition coefficient (Wildman–Crippen LogP) is -0.00670. The zero-order chi connectivity index (χ0) is 11.4. The van der Waals surface area contributed by atoms with Gasteiger partial charge in [-0.1, -0.05) is 13.8 Å². The molecule has 0 aliphatic carbocycles. The largest absolute Gasteiger partial charge is 0.548 e. The molecule has 0 aromatic rings. The third kappa shape index (κ3) is 3.11. The lowest BCUT2D eigenvalue weighted by atomic mass is 10.2. The second kappa shape index (κ2) is 5.00. The van der Waals surface area contributed by atoms with Gasteiger partial charge in [-0.2, -0.15) is 0 Å². The quantitative estimate of drug-likeness (QED) is 0.662. The zero-order valence-corrected chi connectivity index (χ0v) is 9.06. The van der Waals surface area contributed by atoms with Gasteiger partial charge in [0.1, 0.15) is 0 Å². The Kier molecular flexibility index (Phi) is 3.94. The van der Waals surface area contributed by atoms with E-state index in [1.807, 2.05) is 13.8 Å². The van der Waals surface area contributed by atoms with Gasteiger partial charge in [0.2, 0.25) is 0 Å². The number of likely N-dealkylation sites (tertiary alicyclic amines) is 1. The molecule has 0 aromatic heterocycles. The lowest BCUT2D eigenvalue weighted by Crippen LogP contribution is -2.47. The van der Waals surface area contributed by atoms with Crippen LogP contribution in [-0.2, 0) is 9.53 Å². The van der Waals surface area contributed by atoms with Crippen LogP contribution in [0.5, 0.6) is 0 Å². The smallest absolute Gasteiger partial charge is 0.410 e. The average molecular weight is 214 g/mol. The minimum atomic E-state index is -1.20. The van der Waals surface area contributed by atoms with Crippen molar-refractivity contribution in [1.29, 1.82) is 0 Å². The van der Waals surface area contributed by atoms with E-state index in [-0.39, 0.29) is 5.92 Å². The third-order valence-corrected chi connectivity index (χ3v) is 2.30. The van der Waals surface area contributed by atoms with Crippen molar-refractivity contribution >= 4 is 12.1 Å². The predicted molar refractivity (Wildman–Crippen MR) is 50.9 cm³/mol. The number of carbonyl (C=O) groups excluding carboxylic acids is 2. The number of amides is 1. The average Bonchev–Trinajstić information content (AvgIpc) is 2.62. The molecule has 1 saturated heterocycles. The van der Waals surface area contributed by atoms with Crippen LogP contribution in [0.4, 0.5) is 4.79 Å². The lowest BCUT2D eigenvalue weighted by molar-refractivity contribution is -0.310. The summed E-state index contributed by atoms with van der Waals surface area (Å²) in [6, 6.07) is -0.815. The van der Waals surface area contributed by atoms with Gasteiger partial charge in [-0.05, 0) is 18.8 Å². The van der Waals surface area contributed by atoms with Gasteiger partial charge >= 0.3 is 6.09 Å². The molecule has 5 nitrogen and oxygen atoms in total. The summed E-state index contributed by atoms with van der Waals surface area (Å²) >= 11 is 0. The fourth-order valence-corrected chi connectivity index (χ4v) is 1.55. The van der Waals surface area contributed by atoms with Crippen LogP contribution in [-0.4, -0.2) is 36.2 Å². The monoisotopic (exact) mass is 214 g/mol. The Labute approximate surface area is 89.0 Å². The first-order valence-corrected chi connectivity index (χ1v) is 5.16. The number of nitrogens with zero attached hydrogens (tertiary/aromatic N) is 1. The molecule has 15 heavy (non-hydrogen) atoms. The Balaban J connectivity index is 2.47. The van der Waals surface area contributed by atoms with Crippen molar-refractivity contribution in [3.63, 3.8) is 0 Å². The van der Waals surface area contributed by atoms with Crippen LogP contribution in [0.25, 0.3) is 0 Å². The van der Waals surface area contributed by atoms with Crippen LogP contribution in [0.2, 0.25) is 0 Å². The van der Waals surface area contributed by atoms with Crippen molar-refractivity contribution in [1.82, 2.24) is 4.90 Å². The van der Waals surface area contributed by atoms with E-state index in [1.165, 1.54) is 4.90 Å². The molecule has 1 amide bonds. The number of carbonyl (C=O) groups is 2. The molecule has 0 saturated carbocycles. The van der Waals surface area contributed by atoms with Crippen molar-refractivity contribution in [2.45, 2.75) is 32.7 Å². The number of rotatable bonds is 3. The molecule has 0 unspecified atom stereocenters. The van der Waals surface area contributed by atoms with Gasteiger partial charge < -0.3 is 14.6 Å². The van der Waals surface area contributed by atoms with Crippen molar-refractivity contribution in [2.24, 2.45) is 5.92 Å². The highest BCUT2D eigenvalue weighted by atomic mass is 16.6. The van der Waals surface area contributed by atoms with E-state index < -0.39 is 18.1 Å². The van der Waals surface area contributed by atoms with Crippen LogP contribution in [0.15, 0.2) is 0 Å². The SMILES string of the molecule is CC(C)COC(=O)N1CCC[C@@H]1C(=O)[O-]. The van der Waals surface area contributed by atoms with E-state index in [4.69, 9.17) is 4.74 Å². The van der Waals surface area contributed by atoms with Crippen LogP contribution in [0, 0.1) is 5.92 Å². The summed E-state index contributed by atoms with van der Waals surface area (Å²) in [5, 5.41) is 10.7. The lowest BCUT2D eigenvalue weighted by Gasteiger charge is -2.24. The van der Waals surface area contributed by atoms with Crippen LogP contribution >= 0.6 is 0 Å². The maximum atomic E-state index is 11.5. The molecule has 0 aromatic carbocycles. The normalized spacial score (nSPS) is 20.7. The first-order chi connectivity index (χ1) is 7.02. The molecule has 5 heteroatoms. The summed E-state index contributed by atoms with van der Waals surface area (Å²) in [6.07, 6.45) is 0.601. The third-order valence-electron chi connectivity index (χ3n) is 2.30. The Bertz CT molecular complexity index is 252. The summed E-state index contributed by atoms with van der Waals surface area (Å²) in [6.45, 7) is 4.60. The van der Waals surface area contributed by atoms with E-state index in [9.17, 15) is 14.7 Å². The van der Waals surface area contributed by atoms with Crippen molar-refractivity contribution < 1.29 is 19.4 Å². The summed E-state index contributed by atoms with van der Waals surface area (Å²) < 4.78 is 4.96. The fourth-order valence-electron chi connectivity index (χ4n) is 1.55. The molecule has 1 aliphatic heterocycles. The maximum absolute atomic E-state index is 11.5. The van der Waals surface area contributed by atoms with Gasteiger partial charge in [0.25, 0.3) is 0 Å². The van der Waals surface area contributed by atoms with Crippen LogP contribution < -0.4 is 5.11 Å². The van der Waals surface area contributed by atoms with E-state index in [0.717, 1.165) is 0 Å². The molecule has 86 valence electrons. The summed E-state index contributed by atoms with van der Waals surface area (Å²) in [7, 11) is 0. The summed E-state index contributed by atoms with van der Waals surface area (Å²) in [5.74, 6) is -0.952. The Morgan fingerprint density at radius 2 is 2.20 bits per heavy atom. The standard InChI is InChI=1S/C10H17NO4/c1-7(2)6-15-10(14)11-5-3-4-8(11)9(12)13/h7-8H,3-6H2,1-2H3,(H,12,13)/p-1/t8-/m1/s1. The maximum Gasteiger partial charge on any atom is 0.410 e. The molecule has 1 heterocycles. The molecule has 1 aliphatic rings. The highest BCUT2D eigenvalue weighted by Crippen LogP contribution is 2.17.